The van der Waals surface area contributed by atoms with Crippen molar-refractivity contribution < 1.29 is 43.9 Å². The van der Waals surface area contributed by atoms with E-state index in [-0.39, 0.29) is 58.5 Å². The molecule has 5 rings (SSSR count). The Morgan fingerprint density at radius 1 is 1.09 bits per heavy atom. The summed E-state index contributed by atoms with van der Waals surface area (Å²) in [6, 6.07) is 14.7. The zero-order valence-corrected chi connectivity index (χ0v) is 27.2. The fraction of sp³-hybridized carbons (Fsp3) is 0.324. The average molecular weight is 668 g/mol. The summed E-state index contributed by atoms with van der Waals surface area (Å²) >= 11 is 8.08. The quantitative estimate of drug-likeness (QED) is 0.203. The molecule has 3 aromatic carbocycles. The molecular formula is C34H34ClNO9S. The number of carbonyl (C=O) groups is 3. The van der Waals surface area contributed by atoms with Crippen molar-refractivity contribution in [1.29, 1.82) is 0 Å². The molecule has 0 saturated carbocycles. The molecule has 0 bridgehead atoms. The Morgan fingerprint density at radius 2 is 1.78 bits per heavy atom. The van der Waals surface area contributed by atoms with Gasteiger partial charge in [0.05, 0.1) is 20.3 Å². The van der Waals surface area contributed by atoms with Crippen LogP contribution in [-0.4, -0.2) is 65.4 Å². The molecule has 1 aliphatic carbocycles. The van der Waals surface area contributed by atoms with Crippen molar-refractivity contribution >= 4 is 40.8 Å². The molecule has 0 radical (unpaired) electrons. The van der Waals surface area contributed by atoms with E-state index in [2.05, 4.69) is 5.32 Å². The zero-order valence-electron chi connectivity index (χ0n) is 25.6. The number of amides is 1. The number of nitrogens with one attached hydrogen (secondary N) is 1. The van der Waals surface area contributed by atoms with Gasteiger partial charge in [-0.3, -0.25) is 14.4 Å². The highest BCUT2D eigenvalue weighted by Crippen LogP contribution is 2.55. The van der Waals surface area contributed by atoms with E-state index in [0.717, 1.165) is 4.90 Å². The highest BCUT2D eigenvalue weighted by molar-refractivity contribution is 7.98. The van der Waals surface area contributed by atoms with Crippen molar-refractivity contribution in [3.63, 3.8) is 0 Å². The van der Waals surface area contributed by atoms with Gasteiger partial charge in [0.15, 0.2) is 17.3 Å². The molecule has 1 heterocycles. The number of thioether (sulfide) groups is 1. The number of aliphatic hydroxyl groups excluding tert-OH is 2. The van der Waals surface area contributed by atoms with E-state index in [1.807, 2.05) is 18.4 Å². The summed E-state index contributed by atoms with van der Waals surface area (Å²) in [5, 5.41) is 35.1. The van der Waals surface area contributed by atoms with Gasteiger partial charge in [0.2, 0.25) is 17.3 Å². The Bertz CT molecular complexity index is 1720. The maximum absolute atomic E-state index is 14.2. The zero-order chi connectivity index (χ0) is 33.3. The Labute approximate surface area is 275 Å². The summed E-state index contributed by atoms with van der Waals surface area (Å²) in [4.78, 5) is 42.3. The number of aliphatic hydroxyl groups is 2. The maximum Gasteiger partial charge on any atom is 0.231 e. The van der Waals surface area contributed by atoms with Gasteiger partial charge in [0.1, 0.15) is 27.8 Å². The first-order valence-electron chi connectivity index (χ1n) is 14.5. The molecular weight excluding hydrogens is 634 g/mol. The largest absolute Gasteiger partial charge is 0.508 e. The van der Waals surface area contributed by atoms with E-state index in [1.165, 1.54) is 44.2 Å². The maximum atomic E-state index is 14.2. The minimum Gasteiger partial charge on any atom is -0.508 e. The van der Waals surface area contributed by atoms with Gasteiger partial charge >= 0.3 is 0 Å². The van der Waals surface area contributed by atoms with Crippen LogP contribution in [0.15, 0.2) is 70.8 Å². The van der Waals surface area contributed by atoms with Gasteiger partial charge in [-0.25, -0.2) is 0 Å². The summed E-state index contributed by atoms with van der Waals surface area (Å²) in [6.07, 6.45) is 0.355. The second-order valence-electron chi connectivity index (χ2n) is 11.2. The molecule has 1 spiro atoms. The van der Waals surface area contributed by atoms with Crippen LogP contribution in [-0.2, 0) is 9.59 Å². The van der Waals surface area contributed by atoms with Crippen molar-refractivity contribution in [2.45, 2.75) is 42.3 Å². The topological polar surface area (TPSA) is 152 Å². The second-order valence-corrected chi connectivity index (χ2v) is 12.5. The number of fused-ring (bicyclic) bond motifs is 1. The molecule has 4 N–H and O–H groups in total. The number of allylic oxidation sites excluding steroid dienone is 1. The number of benzene rings is 3. The highest BCUT2D eigenvalue weighted by Gasteiger charge is 2.61. The van der Waals surface area contributed by atoms with Gasteiger partial charge in [-0.15, -0.1) is 11.8 Å². The van der Waals surface area contributed by atoms with Gasteiger partial charge in [0.25, 0.3) is 0 Å². The third-order valence-electron chi connectivity index (χ3n) is 8.52. The Hall–Kier alpha value is -4.19. The molecule has 2 aliphatic rings. The van der Waals surface area contributed by atoms with Crippen LogP contribution in [0, 0.1) is 5.92 Å². The number of ketones is 2. The Morgan fingerprint density at radius 3 is 2.41 bits per heavy atom. The predicted octanol–water partition coefficient (Wildman–Crippen LogP) is 5.54. The number of halogens is 1. The monoisotopic (exact) mass is 667 g/mol. The van der Waals surface area contributed by atoms with Gasteiger partial charge < -0.3 is 34.8 Å². The molecule has 4 atom stereocenters. The van der Waals surface area contributed by atoms with Gasteiger partial charge in [-0.2, -0.15) is 0 Å². The molecule has 3 aromatic rings. The third-order valence-corrected chi connectivity index (χ3v) is 9.62. The first-order chi connectivity index (χ1) is 22.0. The van der Waals surface area contributed by atoms with Crippen molar-refractivity contribution in [3.05, 3.63) is 87.6 Å². The molecule has 46 heavy (non-hydrogen) atoms. The number of hydrogen-bond donors (Lipinski definition) is 4. The lowest BCUT2D eigenvalue weighted by Crippen LogP contribution is -2.53. The number of ether oxygens (including phenoxy) is 3. The second kappa shape index (κ2) is 13.3. The number of methoxy groups -OCH3 is 2. The normalized spacial score (nSPS) is 20.3. The summed E-state index contributed by atoms with van der Waals surface area (Å²) in [5.74, 6) is -3.70. The van der Waals surface area contributed by atoms with E-state index in [4.69, 9.17) is 25.8 Å². The number of aromatic hydroxyl groups is 1. The SMILES string of the molecule is COc1cc(OC)c2c(c1Cl)OC1(C2=O)C(O)=C(C(CC(=O)NCC(O)c2cccc(O)c2)c2ccc(SC)cc2)C(=O)CC1C. The average Bonchev–Trinajstić information content (AvgIpc) is 3.37. The summed E-state index contributed by atoms with van der Waals surface area (Å²) in [7, 11) is 2.78. The van der Waals surface area contributed by atoms with Crippen LogP contribution in [0.1, 0.15) is 53.3 Å². The lowest BCUT2D eigenvalue weighted by molar-refractivity contribution is -0.122. The van der Waals surface area contributed by atoms with E-state index in [0.29, 0.717) is 11.1 Å². The smallest absolute Gasteiger partial charge is 0.231 e. The lowest BCUT2D eigenvalue weighted by atomic mass is 9.69. The van der Waals surface area contributed by atoms with Crippen LogP contribution in [0.4, 0.5) is 0 Å². The molecule has 0 aromatic heterocycles. The van der Waals surface area contributed by atoms with E-state index in [9.17, 15) is 29.7 Å². The summed E-state index contributed by atoms with van der Waals surface area (Å²) in [6.45, 7) is 1.46. The van der Waals surface area contributed by atoms with Crippen LogP contribution in [0.3, 0.4) is 0 Å². The fourth-order valence-electron chi connectivity index (χ4n) is 6.08. The van der Waals surface area contributed by atoms with Crippen molar-refractivity contribution in [1.82, 2.24) is 5.32 Å². The van der Waals surface area contributed by atoms with Crippen LogP contribution in [0.2, 0.25) is 5.02 Å². The Balaban J connectivity index is 1.56. The molecule has 12 heteroatoms. The first kappa shape index (κ1) is 33.2. The molecule has 0 fully saturated rings. The molecule has 1 aliphatic heterocycles. The summed E-state index contributed by atoms with van der Waals surface area (Å²) < 4.78 is 17.1. The van der Waals surface area contributed by atoms with E-state index >= 15 is 0 Å². The minimum absolute atomic E-state index is 0.0100. The van der Waals surface area contributed by atoms with Gasteiger partial charge in [-0.1, -0.05) is 42.8 Å². The standard InChI is InChI=1S/C34H34ClNO9S/c1-17-12-23(38)28(32(41)34(17)33(42)29-25(43-2)15-26(44-3)30(35)31(29)45-34)22(18-8-10-21(46-4)11-9-18)14-27(40)36-16-24(39)19-6-5-7-20(37)13-19/h5-11,13,15,17,22,24,37,39,41H,12,14,16H2,1-4H3,(H,36,40). The minimum atomic E-state index is -2.01. The molecule has 242 valence electrons. The lowest BCUT2D eigenvalue weighted by Gasteiger charge is -2.38. The van der Waals surface area contributed by atoms with Crippen LogP contribution in [0.5, 0.6) is 23.0 Å². The highest BCUT2D eigenvalue weighted by atomic mass is 35.5. The number of carbonyl (C=O) groups excluding carboxylic acids is 3. The van der Waals surface area contributed by atoms with E-state index in [1.54, 1.807) is 31.2 Å². The fourth-order valence-corrected chi connectivity index (χ4v) is 6.75. The molecule has 10 nitrogen and oxygen atoms in total. The van der Waals surface area contributed by atoms with Crippen molar-refractivity contribution in [2.75, 3.05) is 27.0 Å². The Kier molecular flexibility index (Phi) is 9.57. The number of hydrogen-bond acceptors (Lipinski definition) is 10. The van der Waals surface area contributed by atoms with E-state index < -0.39 is 46.8 Å². The molecule has 1 amide bonds. The summed E-state index contributed by atoms with van der Waals surface area (Å²) in [5.41, 5.74) is -1.15. The number of phenols is 1. The van der Waals surface area contributed by atoms with Crippen LogP contribution in [0.25, 0.3) is 0 Å². The molecule has 4 unspecified atom stereocenters. The first-order valence-corrected chi connectivity index (χ1v) is 16.1. The van der Waals surface area contributed by atoms with Crippen molar-refractivity contribution in [2.24, 2.45) is 5.92 Å². The number of rotatable bonds is 10. The van der Waals surface area contributed by atoms with Gasteiger partial charge in [-0.05, 0) is 41.6 Å². The van der Waals surface area contributed by atoms with Crippen LogP contribution >= 0.6 is 23.4 Å². The predicted molar refractivity (Wildman–Crippen MR) is 172 cm³/mol. The molecule has 0 saturated heterocycles. The van der Waals surface area contributed by atoms with Crippen LogP contribution < -0.4 is 19.5 Å². The van der Waals surface area contributed by atoms with Gasteiger partial charge in [0, 0.05) is 47.8 Å². The third kappa shape index (κ3) is 5.78. The van der Waals surface area contributed by atoms with Crippen molar-refractivity contribution in [3.8, 4) is 23.0 Å². The number of Topliss-reactive ketones (excluding diaryl/α,β-unsaturated/α-hetero) is 2. The number of phenolic OH excluding ortho intramolecular Hbond substituents is 1.